The van der Waals surface area contributed by atoms with Gasteiger partial charge in [0.25, 0.3) is 0 Å². The highest BCUT2D eigenvalue weighted by Crippen LogP contribution is 2.49. The number of nitrogens with zero attached hydrogens (tertiary/aromatic N) is 1. The average molecular weight is 354 g/mol. The third-order valence-corrected chi connectivity index (χ3v) is 6.96. The summed E-state index contributed by atoms with van der Waals surface area (Å²) in [5, 5.41) is 3.25. The van der Waals surface area contributed by atoms with Gasteiger partial charge in [-0.15, -0.1) is 0 Å². The van der Waals surface area contributed by atoms with Crippen LogP contribution in [0.5, 0.6) is 0 Å². The molecular weight excluding hydrogens is 324 g/mol. The van der Waals surface area contributed by atoms with Gasteiger partial charge < -0.3 is 10.2 Å². The maximum Gasteiger partial charge on any atom is 0.227 e. The summed E-state index contributed by atoms with van der Waals surface area (Å²) < 4.78 is 0. The van der Waals surface area contributed by atoms with Gasteiger partial charge in [0.15, 0.2) is 0 Å². The lowest BCUT2D eigenvalue weighted by Gasteiger charge is -2.29. The lowest BCUT2D eigenvalue weighted by molar-refractivity contribution is -0.127. The zero-order chi connectivity index (χ0) is 18.3. The summed E-state index contributed by atoms with van der Waals surface area (Å²) in [6.45, 7) is 4.76. The molecule has 4 rings (SSSR count). The largest absolute Gasteiger partial charge is 0.353 e. The molecule has 0 radical (unpaired) electrons. The highest BCUT2D eigenvalue weighted by atomic mass is 16.2. The van der Waals surface area contributed by atoms with Crippen molar-refractivity contribution < 1.29 is 9.59 Å². The van der Waals surface area contributed by atoms with Crippen LogP contribution in [0, 0.1) is 23.7 Å². The van der Waals surface area contributed by atoms with Crippen LogP contribution in [0.1, 0.15) is 51.5 Å². The number of nitrogens with one attached hydrogen (secondary N) is 1. The predicted molar refractivity (Wildman–Crippen MR) is 103 cm³/mol. The van der Waals surface area contributed by atoms with Crippen molar-refractivity contribution in [2.75, 3.05) is 11.4 Å². The maximum atomic E-state index is 12.8. The number of hydrogen-bond acceptors (Lipinski definition) is 2. The van der Waals surface area contributed by atoms with Crippen LogP contribution in [0.25, 0.3) is 0 Å². The van der Waals surface area contributed by atoms with Gasteiger partial charge in [0, 0.05) is 24.7 Å². The standard InChI is InChI=1S/C22H30N2O2/c1-3-16-6-4-5-7-20(16)24-13-18(12-21(24)25)22(26)23-14(2)19-11-15-8-9-17(19)10-15/h4-7,14-15,17-19H,3,8-13H2,1-2H3,(H,23,26). The summed E-state index contributed by atoms with van der Waals surface area (Å²) in [7, 11) is 0. The van der Waals surface area contributed by atoms with Crippen LogP contribution in [-0.2, 0) is 16.0 Å². The van der Waals surface area contributed by atoms with Crippen molar-refractivity contribution in [3.05, 3.63) is 29.8 Å². The second-order valence-electron chi connectivity index (χ2n) is 8.52. The molecule has 2 bridgehead atoms. The molecule has 0 aromatic heterocycles. The Kier molecular flexibility index (Phi) is 4.76. The number of carbonyl (C=O) groups is 2. The van der Waals surface area contributed by atoms with Crippen molar-refractivity contribution in [1.82, 2.24) is 5.32 Å². The average Bonchev–Trinajstić information content (AvgIpc) is 3.37. The number of fused-ring (bicyclic) bond motifs is 2. The van der Waals surface area contributed by atoms with Crippen LogP contribution in [-0.4, -0.2) is 24.4 Å². The highest BCUT2D eigenvalue weighted by molar-refractivity contribution is 6.00. The number of hydrogen-bond donors (Lipinski definition) is 1. The zero-order valence-electron chi connectivity index (χ0n) is 15.9. The normalized spacial score (nSPS) is 31.5. The second-order valence-corrected chi connectivity index (χ2v) is 8.52. The number of para-hydroxylation sites is 1. The summed E-state index contributed by atoms with van der Waals surface area (Å²) in [6, 6.07) is 8.25. The smallest absolute Gasteiger partial charge is 0.227 e. The number of amides is 2. The SMILES string of the molecule is CCc1ccccc1N1CC(C(=O)NC(C)C2CC3CCC2C3)CC1=O. The molecule has 1 saturated heterocycles. The summed E-state index contributed by atoms with van der Waals surface area (Å²) >= 11 is 0. The van der Waals surface area contributed by atoms with Crippen molar-refractivity contribution in [3.63, 3.8) is 0 Å². The Bertz CT molecular complexity index is 701. The van der Waals surface area contributed by atoms with Gasteiger partial charge in [0.1, 0.15) is 0 Å². The lowest BCUT2D eigenvalue weighted by atomic mass is 9.84. The van der Waals surface area contributed by atoms with Gasteiger partial charge in [0.05, 0.1) is 5.92 Å². The molecular formula is C22H30N2O2. The third-order valence-electron chi connectivity index (χ3n) is 6.96. The van der Waals surface area contributed by atoms with Crippen LogP contribution in [0.15, 0.2) is 24.3 Å². The van der Waals surface area contributed by atoms with Crippen LogP contribution in [0.3, 0.4) is 0 Å². The van der Waals surface area contributed by atoms with Crippen LogP contribution in [0.2, 0.25) is 0 Å². The minimum absolute atomic E-state index is 0.0603. The molecule has 2 aliphatic carbocycles. The molecule has 1 aromatic rings. The van der Waals surface area contributed by atoms with Crippen molar-refractivity contribution in [3.8, 4) is 0 Å². The molecule has 1 N–H and O–H groups in total. The van der Waals surface area contributed by atoms with Crippen molar-refractivity contribution in [1.29, 1.82) is 0 Å². The van der Waals surface area contributed by atoms with Gasteiger partial charge in [-0.25, -0.2) is 0 Å². The summed E-state index contributed by atoms with van der Waals surface area (Å²) in [4.78, 5) is 27.2. The number of anilines is 1. The van der Waals surface area contributed by atoms with Crippen LogP contribution >= 0.6 is 0 Å². The van der Waals surface area contributed by atoms with E-state index < -0.39 is 0 Å². The number of benzene rings is 1. The van der Waals surface area contributed by atoms with E-state index in [4.69, 9.17) is 0 Å². The predicted octanol–water partition coefficient (Wildman–Crippen LogP) is 3.54. The molecule has 4 heteroatoms. The molecule has 1 aliphatic heterocycles. The molecule has 26 heavy (non-hydrogen) atoms. The Balaban J connectivity index is 1.39. The zero-order valence-corrected chi connectivity index (χ0v) is 15.9. The number of aryl methyl sites for hydroxylation is 1. The molecule has 5 unspecified atom stereocenters. The minimum Gasteiger partial charge on any atom is -0.353 e. The fourth-order valence-electron chi connectivity index (χ4n) is 5.54. The van der Waals surface area contributed by atoms with E-state index in [1.807, 2.05) is 23.1 Å². The van der Waals surface area contributed by atoms with E-state index >= 15 is 0 Å². The van der Waals surface area contributed by atoms with Gasteiger partial charge in [-0.2, -0.15) is 0 Å². The highest BCUT2D eigenvalue weighted by Gasteiger charge is 2.43. The van der Waals surface area contributed by atoms with E-state index in [0.717, 1.165) is 29.5 Å². The molecule has 5 atom stereocenters. The van der Waals surface area contributed by atoms with Crippen LogP contribution < -0.4 is 10.2 Å². The van der Waals surface area contributed by atoms with E-state index in [-0.39, 0.29) is 23.8 Å². The van der Waals surface area contributed by atoms with E-state index in [9.17, 15) is 9.59 Å². The van der Waals surface area contributed by atoms with Gasteiger partial charge in [-0.05, 0) is 62.0 Å². The Morgan fingerprint density at radius 2 is 2.08 bits per heavy atom. The first kappa shape index (κ1) is 17.6. The second kappa shape index (κ2) is 7.05. The maximum absolute atomic E-state index is 12.8. The number of rotatable bonds is 5. The molecule has 0 spiro atoms. The van der Waals surface area contributed by atoms with E-state index in [0.29, 0.717) is 18.9 Å². The Morgan fingerprint density at radius 3 is 2.77 bits per heavy atom. The molecule has 1 aromatic carbocycles. The molecule has 140 valence electrons. The van der Waals surface area contributed by atoms with E-state index in [1.54, 1.807) is 0 Å². The molecule has 3 fully saturated rings. The van der Waals surface area contributed by atoms with Crippen molar-refractivity contribution in [2.45, 2.75) is 58.4 Å². The molecule has 4 nitrogen and oxygen atoms in total. The summed E-state index contributed by atoms with van der Waals surface area (Å²) in [6.07, 6.45) is 6.55. The Labute approximate surface area is 156 Å². The first-order chi connectivity index (χ1) is 12.6. The van der Waals surface area contributed by atoms with Gasteiger partial charge in [-0.1, -0.05) is 31.5 Å². The Morgan fingerprint density at radius 1 is 1.27 bits per heavy atom. The fourth-order valence-corrected chi connectivity index (χ4v) is 5.54. The minimum atomic E-state index is -0.228. The molecule has 3 aliphatic rings. The van der Waals surface area contributed by atoms with Gasteiger partial charge in [0.2, 0.25) is 11.8 Å². The molecule has 2 amide bonds. The molecule has 1 heterocycles. The van der Waals surface area contributed by atoms with Gasteiger partial charge >= 0.3 is 0 Å². The number of carbonyl (C=O) groups excluding carboxylic acids is 2. The van der Waals surface area contributed by atoms with Crippen LogP contribution in [0.4, 0.5) is 5.69 Å². The first-order valence-electron chi connectivity index (χ1n) is 10.3. The van der Waals surface area contributed by atoms with E-state index in [1.165, 1.54) is 25.7 Å². The monoisotopic (exact) mass is 354 g/mol. The fraction of sp³-hybridized carbons (Fsp3) is 0.636. The first-order valence-corrected chi connectivity index (χ1v) is 10.3. The van der Waals surface area contributed by atoms with Crippen molar-refractivity contribution in [2.24, 2.45) is 23.7 Å². The topological polar surface area (TPSA) is 49.4 Å². The molecule has 2 saturated carbocycles. The third kappa shape index (κ3) is 3.15. The Hall–Kier alpha value is -1.84. The van der Waals surface area contributed by atoms with E-state index in [2.05, 4.69) is 25.2 Å². The van der Waals surface area contributed by atoms with Gasteiger partial charge in [-0.3, -0.25) is 9.59 Å². The summed E-state index contributed by atoms with van der Waals surface area (Å²) in [5.74, 6) is 2.22. The van der Waals surface area contributed by atoms with Crippen molar-refractivity contribution >= 4 is 17.5 Å². The lowest BCUT2D eigenvalue weighted by Crippen LogP contribution is -2.43. The quantitative estimate of drug-likeness (QED) is 0.879. The summed E-state index contributed by atoms with van der Waals surface area (Å²) in [5.41, 5.74) is 2.13.